The Kier molecular flexibility index (Phi) is 5.91. The minimum atomic E-state index is -3.36. The van der Waals surface area contributed by atoms with Crippen molar-refractivity contribution in [3.8, 4) is 5.75 Å². The normalized spacial score (nSPS) is 14.6. The van der Waals surface area contributed by atoms with Crippen LogP contribution in [-0.2, 0) is 27.7 Å². The molecule has 1 amide bonds. The first-order valence-corrected chi connectivity index (χ1v) is 12.2. The maximum atomic E-state index is 12.4. The van der Waals surface area contributed by atoms with Crippen LogP contribution >= 0.6 is 0 Å². The van der Waals surface area contributed by atoms with Crippen LogP contribution in [0.25, 0.3) is 11.0 Å². The lowest BCUT2D eigenvalue weighted by Crippen LogP contribution is -2.31. The van der Waals surface area contributed by atoms with Crippen LogP contribution in [0.3, 0.4) is 0 Å². The number of rotatable bonds is 7. The predicted molar refractivity (Wildman–Crippen MR) is 120 cm³/mol. The van der Waals surface area contributed by atoms with E-state index in [1.165, 1.54) is 5.56 Å². The highest BCUT2D eigenvalue weighted by molar-refractivity contribution is 7.92. The van der Waals surface area contributed by atoms with Crippen molar-refractivity contribution in [2.75, 3.05) is 17.6 Å². The zero-order chi connectivity index (χ0) is 22.0. The van der Waals surface area contributed by atoms with Crippen LogP contribution in [0.2, 0.25) is 0 Å². The Balaban J connectivity index is 1.37. The molecule has 1 aliphatic rings. The van der Waals surface area contributed by atoms with Crippen LogP contribution in [0.4, 0.5) is 5.69 Å². The van der Waals surface area contributed by atoms with Crippen LogP contribution in [-0.4, -0.2) is 27.2 Å². The van der Waals surface area contributed by atoms with Crippen LogP contribution in [0, 0.1) is 0 Å². The number of carbonyl (C=O) groups excluding carboxylic acids is 1. The second-order valence-electron chi connectivity index (χ2n) is 7.95. The van der Waals surface area contributed by atoms with Gasteiger partial charge in [-0.3, -0.25) is 9.52 Å². The summed E-state index contributed by atoms with van der Waals surface area (Å²) in [6.45, 7) is 1.72. The molecule has 0 saturated carbocycles. The number of benzene rings is 2. The number of aryl methyl sites for hydroxylation is 2. The van der Waals surface area contributed by atoms with E-state index in [0.29, 0.717) is 11.4 Å². The van der Waals surface area contributed by atoms with Gasteiger partial charge in [-0.25, -0.2) is 8.42 Å². The molecule has 0 spiro atoms. The summed E-state index contributed by atoms with van der Waals surface area (Å²) < 4.78 is 36.9. The molecule has 0 bridgehead atoms. The summed E-state index contributed by atoms with van der Waals surface area (Å²) in [4.78, 5) is 12.4. The van der Waals surface area contributed by atoms with Crippen LogP contribution in [0.1, 0.15) is 42.7 Å². The highest BCUT2D eigenvalue weighted by atomic mass is 32.2. The lowest BCUT2D eigenvalue weighted by Gasteiger charge is -2.16. The molecule has 1 heterocycles. The van der Waals surface area contributed by atoms with Gasteiger partial charge in [0.1, 0.15) is 17.1 Å². The number of furan rings is 1. The van der Waals surface area contributed by atoms with Crippen molar-refractivity contribution in [1.29, 1.82) is 0 Å². The van der Waals surface area contributed by atoms with Crippen LogP contribution in [0.15, 0.2) is 46.9 Å². The average molecular weight is 443 g/mol. The lowest BCUT2D eigenvalue weighted by molar-refractivity contribution is -0.123. The monoisotopic (exact) mass is 442 g/mol. The van der Waals surface area contributed by atoms with Crippen molar-refractivity contribution in [3.63, 3.8) is 0 Å². The summed E-state index contributed by atoms with van der Waals surface area (Å²) in [5, 5.41) is 3.94. The molecule has 0 aliphatic heterocycles. The molecular formula is C23H26N2O5S. The number of hydrogen-bond acceptors (Lipinski definition) is 5. The molecule has 0 radical (unpaired) electrons. The smallest absolute Gasteiger partial charge is 0.258 e. The molecule has 4 rings (SSSR count). The Hall–Kier alpha value is -3.00. The standard InChI is InChI=1S/C23H26N2O5S/c1-15(16-6-5-7-17(12-16)25-31(2,27)28)24-23(26)14-29-18-10-11-22-20(13-18)19-8-3-4-9-21(19)30-22/h5-7,10-13,15,25H,3-4,8-9,14H2,1-2H3,(H,24,26). The molecule has 164 valence electrons. The van der Waals surface area contributed by atoms with Crippen molar-refractivity contribution in [1.82, 2.24) is 5.32 Å². The van der Waals surface area contributed by atoms with Gasteiger partial charge in [0.15, 0.2) is 6.61 Å². The quantitative estimate of drug-likeness (QED) is 0.578. The number of sulfonamides is 1. The molecule has 2 aromatic carbocycles. The van der Waals surface area contributed by atoms with Gasteiger partial charge in [0.2, 0.25) is 10.0 Å². The van der Waals surface area contributed by atoms with Crippen LogP contribution in [0.5, 0.6) is 5.75 Å². The summed E-state index contributed by atoms with van der Waals surface area (Å²) in [7, 11) is -3.36. The minimum Gasteiger partial charge on any atom is -0.484 e. The molecule has 8 heteroatoms. The summed E-state index contributed by atoms with van der Waals surface area (Å²) in [5.74, 6) is 1.43. The van der Waals surface area contributed by atoms with E-state index < -0.39 is 10.0 Å². The van der Waals surface area contributed by atoms with E-state index in [1.807, 2.05) is 31.2 Å². The molecule has 1 unspecified atom stereocenters. The minimum absolute atomic E-state index is 0.114. The summed E-state index contributed by atoms with van der Waals surface area (Å²) in [6.07, 6.45) is 5.40. The number of carbonyl (C=O) groups is 1. The second-order valence-corrected chi connectivity index (χ2v) is 9.69. The zero-order valence-electron chi connectivity index (χ0n) is 17.6. The van der Waals surface area contributed by atoms with E-state index in [9.17, 15) is 13.2 Å². The molecule has 7 nitrogen and oxygen atoms in total. The predicted octanol–water partition coefficient (Wildman–Crippen LogP) is 3.94. The number of fused-ring (bicyclic) bond motifs is 3. The number of amides is 1. The Morgan fingerprint density at radius 3 is 2.77 bits per heavy atom. The van der Waals surface area contributed by atoms with Gasteiger partial charge in [-0.05, 0) is 62.1 Å². The fourth-order valence-electron chi connectivity index (χ4n) is 3.93. The Morgan fingerprint density at radius 1 is 1.16 bits per heavy atom. The largest absolute Gasteiger partial charge is 0.484 e. The van der Waals surface area contributed by atoms with Crippen molar-refractivity contribution in [2.45, 2.75) is 38.6 Å². The van der Waals surface area contributed by atoms with Crippen molar-refractivity contribution in [2.24, 2.45) is 0 Å². The molecule has 1 aliphatic carbocycles. The van der Waals surface area contributed by atoms with Gasteiger partial charge in [0, 0.05) is 23.1 Å². The average Bonchev–Trinajstić information content (AvgIpc) is 3.09. The fourth-order valence-corrected chi connectivity index (χ4v) is 4.49. The molecule has 1 aromatic heterocycles. The Bertz CT molecular complexity index is 1220. The number of ether oxygens (including phenoxy) is 1. The van der Waals surface area contributed by atoms with Gasteiger partial charge in [-0.15, -0.1) is 0 Å². The molecule has 31 heavy (non-hydrogen) atoms. The van der Waals surface area contributed by atoms with Gasteiger partial charge >= 0.3 is 0 Å². The number of hydrogen-bond donors (Lipinski definition) is 2. The summed E-state index contributed by atoms with van der Waals surface area (Å²) in [6, 6.07) is 12.3. The van der Waals surface area contributed by atoms with E-state index in [-0.39, 0.29) is 18.6 Å². The zero-order valence-corrected chi connectivity index (χ0v) is 18.4. The maximum absolute atomic E-state index is 12.4. The highest BCUT2D eigenvalue weighted by Crippen LogP contribution is 2.33. The van der Waals surface area contributed by atoms with Crippen molar-refractivity contribution >= 4 is 32.6 Å². The molecule has 3 aromatic rings. The lowest BCUT2D eigenvalue weighted by atomic mass is 9.96. The van der Waals surface area contributed by atoms with Gasteiger partial charge in [-0.1, -0.05) is 12.1 Å². The molecule has 0 fully saturated rings. The maximum Gasteiger partial charge on any atom is 0.258 e. The molecule has 1 atom stereocenters. The van der Waals surface area contributed by atoms with E-state index in [2.05, 4.69) is 10.0 Å². The van der Waals surface area contributed by atoms with E-state index >= 15 is 0 Å². The first kappa shape index (κ1) is 21.2. The second kappa shape index (κ2) is 8.63. The van der Waals surface area contributed by atoms with E-state index in [0.717, 1.165) is 54.2 Å². The van der Waals surface area contributed by atoms with E-state index in [1.54, 1.807) is 18.2 Å². The van der Waals surface area contributed by atoms with Crippen LogP contribution < -0.4 is 14.8 Å². The third-order valence-electron chi connectivity index (χ3n) is 5.36. The number of anilines is 1. The summed E-state index contributed by atoms with van der Waals surface area (Å²) in [5.41, 5.74) is 3.36. The highest BCUT2D eigenvalue weighted by Gasteiger charge is 2.18. The van der Waals surface area contributed by atoms with Gasteiger partial charge in [0.05, 0.1) is 12.3 Å². The summed E-state index contributed by atoms with van der Waals surface area (Å²) >= 11 is 0. The first-order valence-electron chi connectivity index (χ1n) is 10.3. The van der Waals surface area contributed by atoms with Crippen molar-refractivity contribution in [3.05, 3.63) is 59.4 Å². The first-order chi connectivity index (χ1) is 14.8. The number of nitrogens with one attached hydrogen (secondary N) is 2. The Morgan fingerprint density at radius 2 is 1.97 bits per heavy atom. The van der Waals surface area contributed by atoms with E-state index in [4.69, 9.17) is 9.15 Å². The topological polar surface area (TPSA) is 97.6 Å². The van der Waals surface area contributed by atoms with Gasteiger partial charge in [0.25, 0.3) is 5.91 Å². The molecular weight excluding hydrogens is 416 g/mol. The van der Waals surface area contributed by atoms with Gasteiger partial charge < -0.3 is 14.5 Å². The molecule has 2 N–H and O–H groups in total. The third-order valence-corrected chi connectivity index (χ3v) is 5.97. The Labute approximate surface area is 181 Å². The fraction of sp³-hybridized carbons (Fsp3) is 0.348. The SMILES string of the molecule is CC(NC(=O)COc1ccc2oc3c(c2c1)CCCC3)c1cccc(NS(C)(=O)=O)c1. The third kappa shape index (κ3) is 5.19. The van der Waals surface area contributed by atoms with Crippen molar-refractivity contribution < 1.29 is 22.4 Å². The molecule has 0 saturated heterocycles. The van der Waals surface area contributed by atoms with Gasteiger partial charge in [-0.2, -0.15) is 0 Å².